The Labute approximate surface area is 109 Å². The zero-order chi connectivity index (χ0) is 11.8. The summed E-state index contributed by atoms with van der Waals surface area (Å²) in [4.78, 5) is 0. The maximum Gasteiger partial charge on any atom is 0.123 e. The number of hydrogen-bond acceptors (Lipinski definition) is 2. The van der Waals surface area contributed by atoms with Gasteiger partial charge in [0.15, 0.2) is 0 Å². The summed E-state index contributed by atoms with van der Waals surface area (Å²) in [5.74, 6) is -0.186. The Balaban J connectivity index is 1.62. The van der Waals surface area contributed by atoms with Gasteiger partial charge >= 0.3 is 0 Å². The normalized spacial score (nSPS) is 31.1. The largest absolute Gasteiger partial charge is 0.373 e. The second kappa shape index (κ2) is 4.67. The predicted octanol–water partition coefficient (Wildman–Crippen LogP) is 3.00. The molecule has 0 spiro atoms. The molecular weight excluding hydrogens is 285 g/mol. The van der Waals surface area contributed by atoms with Crippen molar-refractivity contribution in [2.24, 2.45) is 0 Å². The van der Waals surface area contributed by atoms with Crippen LogP contribution in [-0.2, 0) is 11.3 Å². The lowest BCUT2D eigenvalue weighted by atomic mass is 9.95. The molecule has 2 fully saturated rings. The average Bonchev–Trinajstić information content (AvgIpc) is 2.92. The van der Waals surface area contributed by atoms with E-state index in [-0.39, 0.29) is 5.82 Å². The van der Waals surface area contributed by atoms with Crippen molar-refractivity contribution in [1.29, 1.82) is 0 Å². The van der Waals surface area contributed by atoms with E-state index in [4.69, 9.17) is 4.74 Å². The van der Waals surface area contributed by atoms with Crippen LogP contribution in [0.5, 0.6) is 0 Å². The van der Waals surface area contributed by atoms with Gasteiger partial charge in [-0.3, -0.25) is 0 Å². The molecule has 92 valence electrons. The van der Waals surface area contributed by atoms with E-state index in [1.54, 1.807) is 12.1 Å². The number of nitrogens with one attached hydrogen (secondary N) is 1. The molecule has 0 amide bonds. The van der Waals surface area contributed by atoms with Crippen molar-refractivity contribution < 1.29 is 9.13 Å². The molecule has 2 nitrogen and oxygen atoms in total. The van der Waals surface area contributed by atoms with Gasteiger partial charge in [0, 0.05) is 17.1 Å². The minimum atomic E-state index is -0.186. The van der Waals surface area contributed by atoms with E-state index in [0.29, 0.717) is 24.8 Å². The van der Waals surface area contributed by atoms with E-state index in [2.05, 4.69) is 21.2 Å². The molecule has 1 aromatic rings. The molecule has 2 heterocycles. The number of ether oxygens (including phenoxy) is 1. The summed E-state index contributed by atoms with van der Waals surface area (Å²) in [6.07, 6.45) is 4.28. The second-order valence-corrected chi connectivity index (χ2v) is 5.69. The van der Waals surface area contributed by atoms with Crippen LogP contribution in [0.1, 0.15) is 24.8 Å². The maximum atomic E-state index is 13.1. The van der Waals surface area contributed by atoms with Gasteiger partial charge in [0.25, 0.3) is 0 Å². The molecule has 1 N–H and O–H groups in total. The monoisotopic (exact) mass is 299 g/mol. The molecule has 2 saturated heterocycles. The van der Waals surface area contributed by atoms with Crippen LogP contribution >= 0.6 is 15.9 Å². The summed E-state index contributed by atoms with van der Waals surface area (Å²) in [5.41, 5.74) is 0.966. The Morgan fingerprint density at radius 2 is 2.29 bits per heavy atom. The van der Waals surface area contributed by atoms with Crippen LogP contribution in [0.15, 0.2) is 22.7 Å². The third-order valence-electron chi connectivity index (χ3n) is 3.67. The topological polar surface area (TPSA) is 21.3 Å². The first kappa shape index (κ1) is 11.6. The molecule has 2 bridgehead atoms. The Bertz CT molecular complexity index is 426. The van der Waals surface area contributed by atoms with E-state index < -0.39 is 0 Å². The highest BCUT2D eigenvalue weighted by atomic mass is 79.9. The molecular formula is C13H15BrFNO. The smallest absolute Gasteiger partial charge is 0.123 e. The highest BCUT2D eigenvalue weighted by Crippen LogP contribution is 2.34. The molecule has 0 aromatic heterocycles. The first-order valence-corrected chi connectivity index (χ1v) is 6.84. The third kappa shape index (κ3) is 2.39. The molecule has 1 aromatic carbocycles. The maximum absolute atomic E-state index is 13.1. The lowest BCUT2D eigenvalue weighted by Gasteiger charge is -2.20. The number of halogens is 2. The zero-order valence-electron chi connectivity index (χ0n) is 9.46. The van der Waals surface area contributed by atoms with Crippen LogP contribution in [0.2, 0.25) is 0 Å². The van der Waals surface area contributed by atoms with E-state index in [1.165, 1.54) is 12.5 Å². The number of hydrogen-bond donors (Lipinski definition) is 1. The molecule has 0 saturated carbocycles. The molecule has 3 rings (SSSR count). The molecule has 0 aliphatic carbocycles. The van der Waals surface area contributed by atoms with Crippen molar-refractivity contribution >= 4 is 15.9 Å². The summed E-state index contributed by atoms with van der Waals surface area (Å²) in [6.45, 7) is 0.690. The van der Waals surface area contributed by atoms with E-state index in [1.807, 2.05) is 0 Å². The summed E-state index contributed by atoms with van der Waals surface area (Å²) in [7, 11) is 0. The summed E-state index contributed by atoms with van der Waals surface area (Å²) in [6, 6.07) is 5.23. The molecule has 4 heteroatoms. The number of rotatable bonds is 3. The van der Waals surface area contributed by atoms with Crippen molar-refractivity contribution in [3.05, 3.63) is 34.1 Å². The molecule has 3 atom stereocenters. The van der Waals surface area contributed by atoms with E-state index in [0.717, 1.165) is 22.9 Å². The van der Waals surface area contributed by atoms with Crippen LogP contribution in [0.25, 0.3) is 0 Å². The fourth-order valence-corrected chi connectivity index (χ4v) is 3.16. The first-order chi connectivity index (χ1) is 8.22. The molecule has 2 aliphatic rings. The lowest BCUT2D eigenvalue weighted by molar-refractivity contribution is 0.0973. The standard InChI is InChI=1S/C13H15BrFNO/c14-11-3-1-9(15)5-8(11)7-16-12-6-10-2-4-13(12)17-10/h1,3,5,10,12-13,16H,2,4,6-7H2. The van der Waals surface area contributed by atoms with Gasteiger partial charge in [0.2, 0.25) is 0 Å². The Kier molecular flexibility index (Phi) is 3.19. The van der Waals surface area contributed by atoms with Crippen LogP contribution in [0.4, 0.5) is 4.39 Å². The van der Waals surface area contributed by atoms with E-state index >= 15 is 0 Å². The van der Waals surface area contributed by atoms with Gasteiger partial charge in [-0.1, -0.05) is 15.9 Å². The fourth-order valence-electron chi connectivity index (χ4n) is 2.77. The molecule has 3 unspecified atom stereocenters. The van der Waals surface area contributed by atoms with Crippen molar-refractivity contribution in [2.45, 2.75) is 44.1 Å². The molecule has 2 aliphatic heterocycles. The second-order valence-electron chi connectivity index (χ2n) is 4.83. The first-order valence-electron chi connectivity index (χ1n) is 6.05. The highest BCUT2D eigenvalue weighted by Gasteiger charge is 2.40. The molecule has 17 heavy (non-hydrogen) atoms. The molecule has 0 radical (unpaired) electrons. The van der Waals surface area contributed by atoms with Crippen LogP contribution in [0, 0.1) is 5.82 Å². The van der Waals surface area contributed by atoms with Crippen molar-refractivity contribution in [3.63, 3.8) is 0 Å². The quantitative estimate of drug-likeness (QED) is 0.926. The minimum Gasteiger partial charge on any atom is -0.373 e. The van der Waals surface area contributed by atoms with Gasteiger partial charge in [-0.15, -0.1) is 0 Å². The summed E-state index contributed by atoms with van der Waals surface area (Å²) >= 11 is 3.44. The highest BCUT2D eigenvalue weighted by molar-refractivity contribution is 9.10. The van der Waals surface area contributed by atoms with Crippen molar-refractivity contribution in [1.82, 2.24) is 5.32 Å². The lowest BCUT2D eigenvalue weighted by Crippen LogP contribution is -2.37. The summed E-state index contributed by atoms with van der Waals surface area (Å²) < 4.78 is 19.9. The predicted molar refractivity (Wildman–Crippen MR) is 67.2 cm³/mol. The van der Waals surface area contributed by atoms with E-state index in [9.17, 15) is 4.39 Å². The Hall–Kier alpha value is -0.450. The number of benzene rings is 1. The van der Waals surface area contributed by atoms with Crippen molar-refractivity contribution in [2.75, 3.05) is 0 Å². The SMILES string of the molecule is Fc1ccc(Br)c(CNC2CC3CCC2O3)c1. The zero-order valence-corrected chi connectivity index (χ0v) is 11.0. The van der Waals surface area contributed by atoms with Gasteiger partial charge in [-0.25, -0.2) is 4.39 Å². The Morgan fingerprint density at radius 3 is 3.00 bits per heavy atom. The average molecular weight is 300 g/mol. The van der Waals surface area contributed by atoms with Crippen LogP contribution in [-0.4, -0.2) is 18.2 Å². The Morgan fingerprint density at radius 1 is 1.41 bits per heavy atom. The van der Waals surface area contributed by atoms with Gasteiger partial charge in [0.05, 0.1) is 12.2 Å². The number of fused-ring (bicyclic) bond motifs is 2. The minimum absolute atomic E-state index is 0.186. The third-order valence-corrected chi connectivity index (χ3v) is 4.44. The fraction of sp³-hybridized carbons (Fsp3) is 0.538. The van der Waals surface area contributed by atoms with Crippen molar-refractivity contribution in [3.8, 4) is 0 Å². The van der Waals surface area contributed by atoms with Crippen LogP contribution < -0.4 is 5.32 Å². The van der Waals surface area contributed by atoms with Gasteiger partial charge in [-0.2, -0.15) is 0 Å². The summed E-state index contributed by atoms with van der Waals surface area (Å²) in [5, 5.41) is 3.48. The van der Waals surface area contributed by atoms with Crippen LogP contribution in [0.3, 0.4) is 0 Å². The van der Waals surface area contributed by atoms with Gasteiger partial charge in [-0.05, 0) is 43.0 Å². The van der Waals surface area contributed by atoms with Gasteiger partial charge in [0.1, 0.15) is 5.82 Å². The van der Waals surface area contributed by atoms with Gasteiger partial charge < -0.3 is 10.1 Å².